The largest absolute Gasteiger partial charge is 0.497 e. The number of fused-ring (bicyclic) bond motifs is 4. The fourth-order valence-electron chi connectivity index (χ4n) is 4.90. The Balaban J connectivity index is 1.85. The molecule has 0 fully saturated rings. The number of aryl methyl sites for hydroxylation is 3. The second kappa shape index (κ2) is 6.59. The first kappa shape index (κ1) is 17.7. The van der Waals surface area contributed by atoms with Crippen LogP contribution in [-0.2, 0) is 12.8 Å². The summed E-state index contributed by atoms with van der Waals surface area (Å²) < 4.78 is 8.15. The van der Waals surface area contributed by atoms with Crippen molar-refractivity contribution in [2.24, 2.45) is 0 Å². The number of ether oxygens (including phenoxy) is 1. The van der Waals surface area contributed by atoms with E-state index in [0.29, 0.717) is 0 Å². The molecule has 4 aromatic rings. The van der Waals surface area contributed by atoms with Gasteiger partial charge in [0.05, 0.1) is 17.5 Å². The van der Waals surface area contributed by atoms with Crippen molar-refractivity contribution in [2.45, 2.75) is 46.5 Å². The summed E-state index contributed by atoms with van der Waals surface area (Å²) >= 11 is 1.92. The van der Waals surface area contributed by atoms with E-state index in [4.69, 9.17) is 9.72 Å². The van der Waals surface area contributed by atoms with Crippen LogP contribution < -0.4 is 4.74 Å². The molecule has 0 N–H and O–H groups in total. The normalized spacial score (nSPS) is 13.9. The van der Waals surface area contributed by atoms with Gasteiger partial charge in [-0.15, -0.1) is 11.3 Å². The molecule has 0 atom stereocenters. The quantitative estimate of drug-likeness (QED) is 0.372. The molecular formula is C25H25NOS. The van der Waals surface area contributed by atoms with Crippen LogP contribution in [0.2, 0.25) is 0 Å². The molecule has 2 aromatic carbocycles. The van der Waals surface area contributed by atoms with Crippen molar-refractivity contribution in [3.63, 3.8) is 0 Å². The lowest BCUT2D eigenvalue weighted by Crippen LogP contribution is -2.07. The lowest BCUT2D eigenvalue weighted by Gasteiger charge is -2.21. The minimum Gasteiger partial charge on any atom is -0.497 e. The molecule has 0 saturated carbocycles. The first-order valence-electron chi connectivity index (χ1n) is 10.1. The van der Waals surface area contributed by atoms with Crippen LogP contribution in [0.4, 0.5) is 0 Å². The maximum Gasteiger partial charge on any atom is 0.119 e. The predicted molar refractivity (Wildman–Crippen MR) is 120 cm³/mol. The van der Waals surface area contributed by atoms with Gasteiger partial charge in [0.2, 0.25) is 0 Å². The van der Waals surface area contributed by atoms with Gasteiger partial charge in [-0.05, 0) is 98.5 Å². The Hall–Kier alpha value is -2.39. The number of nitrogens with zero attached hydrogens (tertiary/aromatic N) is 1. The first-order chi connectivity index (χ1) is 13.6. The van der Waals surface area contributed by atoms with Crippen LogP contribution in [0.15, 0.2) is 30.5 Å². The summed E-state index contributed by atoms with van der Waals surface area (Å²) in [6.07, 6.45) is 7.07. The molecule has 142 valence electrons. The third-order valence-electron chi connectivity index (χ3n) is 6.38. The van der Waals surface area contributed by atoms with Gasteiger partial charge in [0, 0.05) is 27.2 Å². The Kier molecular flexibility index (Phi) is 4.17. The number of pyridine rings is 1. The lowest BCUT2D eigenvalue weighted by atomic mass is 9.84. The van der Waals surface area contributed by atoms with E-state index in [0.717, 1.165) is 11.4 Å². The van der Waals surface area contributed by atoms with Crippen LogP contribution in [0.5, 0.6) is 5.75 Å². The zero-order valence-corrected chi connectivity index (χ0v) is 17.8. The van der Waals surface area contributed by atoms with Gasteiger partial charge in [0.15, 0.2) is 0 Å². The molecule has 0 bridgehead atoms. The van der Waals surface area contributed by atoms with Crippen molar-refractivity contribution in [1.82, 2.24) is 4.98 Å². The number of methoxy groups -OCH3 is 1. The van der Waals surface area contributed by atoms with E-state index in [-0.39, 0.29) is 0 Å². The van der Waals surface area contributed by atoms with Crippen LogP contribution in [0, 0.1) is 20.8 Å². The fourth-order valence-corrected chi connectivity index (χ4v) is 6.29. The minimum absolute atomic E-state index is 0.893. The number of benzene rings is 2. The van der Waals surface area contributed by atoms with E-state index >= 15 is 0 Å². The Morgan fingerprint density at radius 2 is 1.68 bits per heavy atom. The van der Waals surface area contributed by atoms with Gasteiger partial charge >= 0.3 is 0 Å². The van der Waals surface area contributed by atoms with Crippen molar-refractivity contribution < 1.29 is 4.74 Å². The SMILES string of the molecule is COc1ccc(-c2nccc3c2sc2c(C)c4c(c(C)c23)CCCC4)c(C)c1. The van der Waals surface area contributed by atoms with Crippen molar-refractivity contribution >= 4 is 31.5 Å². The van der Waals surface area contributed by atoms with Gasteiger partial charge in [0.1, 0.15) is 5.75 Å². The molecular weight excluding hydrogens is 362 g/mol. The number of aromatic nitrogens is 1. The number of thiophene rings is 1. The second-order valence-electron chi connectivity index (χ2n) is 7.94. The molecule has 0 radical (unpaired) electrons. The van der Waals surface area contributed by atoms with E-state index in [1.54, 1.807) is 18.2 Å². The summed E-state index contributed by atoms with van der Waals surface area (Å²) in [4.78, 5) is 4.82. The fraction of sp³-hybridized carbons (Fsp3) is 0.320. The molecule has 2 heterocycles. The van der Waals surface area contributed by atoms with Gasteiger partial charge in [-0.2, -0.15) is 0 Å². The molecule has 2 nitrogen and oxygen atoms in total. The molecule has 0 saturated heterocycles. The van der Waals surface area contributed by atoms with Crippen LogP contribution in [0.25, 0.3) is 31.4 Å². The number of rotatable bonds is 2. The third-order valence-corrected chi connectivity index (χ3v) is 7.71. The zero-order chi connectivity index (χ0) is 19.4. The first-order valence-corrected chi connectivity index (χ1v) is 10.9. The highest BCUT2D eigenvalue weighted by Gasteiger charge is 2.22. The monoisotopic (exact) mass is 387 g/mol. The number of hydrogen-bond donors (Lipinski definition) is 0. The predicted octanol–water partition coefficient (Wildman–Crippen LogP) is 6.93. The van der Waals surface area contributed by atoms with Gasteiger partial charge < -0.3 is 4.74 Å². The summed E-state index contributed by atoms with van der Waals surface area (Å²) in [6, 6.07) is 8.48. The second-order valence-corrected chi connectivity index (χ2v) is 8.96. The van der Waals surface area contributed by atoms with Crippen molar-refractivity contribution in [3.8, 4) is 17.0 Å². The molecule has 5 rings (SSSR count). The highest BCUT2D eigenvalue weighted by Crippen LogP contribution is 2.45. The van der Waals surface area contributed by atoms with Gasteiger partial charge in [-0.1, -0.05) is 0 Å². The van der Waals surface area contributed by atoms with Crippen molar-refractivity contribution in [3.05, 3.63) is 58.3 Å². The highest BCUT2D eigenvalue weighted by molar-refractivity contribution is 7.26. The van der Waals surface area contributed by atoms with Crippen molar-refractivity contribution in [2.75, 3.05) is 7.11 Å². The van der Waals surface area contributed by atoms with Crippen LogP contribution in [-0.4, -0.2) is 12.1 Å². The third kappa shape index (κ3) is 2.49. The summed E-state index contributed by atoms with van der Waals surface area (Å²) in [5, 5.41) is 2.81. The van der Waals surface area contributed by atoms with E-state index in [9.17, 15) is 0 Å². The molecule has 3 heteroatoms. The lowest BCUT2D eigenvalue weighted by molar-refractivity contribution is 0.414. The van der Waals surface area contributed by atoms with E-state index < -0.39 is 0 Å². The Morgan fingerprint density at radius 3 is 2.39 bits per heavy atom. The molecule has 0 unspecified atom stereocenters. The van der Waals surface area contributed by atoms with Gasteiger partial charge in [-0.25, -0.2) is 0 Å². The van der Waals surface area contributed by atoms with Gasteiger partial charge in [-0.3, -0.25) is 4.98 Å². The molecule has 1 aliphatic carbocycles. The maximum atomic E-state index is 5.39. The average molecular weight is 388 g/mol. The minimum atomic E-state index is 0.893. The Labute approximate surface area is 170 Å². The smallest absolute Gasteiger partial charge is 0.119 e. The average Bonchev–Trinajstić information content (AvgIpc) is 3.12. The molecule has 28 heavy (non-hydrogen) atoms. The molecule has 0 amide bonds. The molecule has 0 spiro atoms. The van der Waals surface area contributed by atoms with Crippen LogP contribution in [0.1, 0.15) is 40.7 Å². The van der Waals surface area contributed by atoms with Gasteiger partial charge in [0.25, 0.3) is 0 Å². The summed E-state index contributed by atoms with van der Waals surface area (Å²) in [5.74, 6) is 0.893. The van der Waals surface area contributed by atoms with E-state index in [1.165, 1.54) is 68.1 Å². The van der Waals surface area contributed by atoms with E-state index in [2.05, 4.69) is 39.0 Å². The maximum absolute atomic E-state index is 5.39. The summed E-state index contributed by atoms with van der Waals surface area (Å²) in [6.45, 7) is 6.80. The zero-order valence-electron chi connectivity index (χ0n) is 17.0. The van der Waals surface area contributed by atoms with Crippen molar-refractivity contribution in [1.29, 1.82) is 0 Å². The van der Waals surface area contributed by atoms with E-state index in [1.807, 2.05) is 23.6 Å². The van der Waals surface area contributed by atoms with Crippen LogP contribution >= 0.6 is 11.3 Å². The summed E-state index contributed by atoms with van der Waals surface area (Å²) in [7, 11) is 1.72. The Morgan fingerprint density at radius 1 is 0.929 bits per heavy atom. The molecule has 2 aromatic heterocycles. The summed E-state index contributed by atoms with van der Waals surface area (Å²) in [5.41, 5.74) is 9.69. The molecule has 1 aliphatic rings. The topological polar surface area (TPSA) is 22.1 Å². The highest BCUT2D eigenvalue weighted by atomic mass is 32.1. The number of hydrogen-bond acceptors (Lipinski definition) is 3. The Bertz CT molecular complexity index is 1230. The standard InChI is InChI=1S/C25H25NOS/c1-14-13-17(27-4)9-10-18(14)23-25-21(11-12-26-23)22-15(2)19-7-5-6-8-20(19)16(3)24(22)28-25/h9-13H,5-8H2,1-4H3. The molecule has 0 aliphatic heterocycles. The van der Waals surface area contributed by atoms with Crippen LogP contribution in [0.3, 0.4) is 0 Å².